The first-order valence-corrected chi connectivity index (χ1v) is 10.3. The molecule has 3 aliphatic rings. The number of halogens is 1. The van der Waals surface area contributed by atoms with Crippen molar-refractivity contribution in [2.24, 2.45) is 11.8 Å². The fraction of sp³-hybridized carbons (Fsp3) is 0.350. The van der Waals surface area contributed by atoms with Crippen molar-refractivity contribution >= 4 is 46.2 Å². The molecule has 1 aromatic heterocycles. The van der Waals surface area contributed by atoms with Gasteiger partial charge in [-0.2, -0.15) is 0 Å². The molecular formula is C20H17ClN2O3S. The second-order valence-electron chi connectivity index (χ2n) is 7.27. The number of benzene rings is 1. The van der Waals surface area contributed by atoms with E-state index in [1.165, 1.54) is 16.2 Å². The number of ketones is 1. The van der Waals surface area contributed by atoms with Gasteiger partial charge in [0.1, 0.15) is 0 Å². The number of hydrogen-bond acceptors (Lipinski definition) is 5. The first-order valence-electron chi connectivity index (χ1n) is 9.05. The minimum absolute atomic E-state index is 0.0299. The van der Waals surface area contributed by atoms with Gasteiger partial charge in [0.15, 0.2) is 5.78 Å². The Bertz CT molecular complexity index is 927. The summed E-state index contributed by atoms with van der Waals surface area (Å²) >= 11 is 7.33. The number of nitrogens with zero attached hydrogens (tertiary/aromatic N) is 2. The van der Waals surface area contributed by atoms with Crippen LogP contribution in [-0.4, -0.2) is 41.1 Å². The lowest BCUT2D eigenvalue weighted by Crippen LogP contribution is -2.45. The third-order valence-corrected chi connectivity index (χ3v) is 7.11. The summed E-state index contributed by atoms with van der Waals surface area (Å²) in [6.07, 6.45) is 1.80. The SMILES string of the molecule is O=C(c1cccs1)[C@H]1[C@H]2C(=O)N(c3ccc(Cl)cc3)C(=O)[C@@H]2[C@H]2CCCN21. The van der Waals surface area contributed by atoms with Gasteiger partial charge in [-0.15, -0.1) is 11.3 Å². The fourth-order valence-electron chi connectivity index (χ4n) is 4.92. The molecular weight excluding hydrogens is 384 g/mol. The van der Waals surface area contributed by atoms with Crippen LogP contribution in [0, 0.1) is 11.8 Å². The van der Waals surface area contributed by atoms with Gasteiger partial charge < -0.3 is 0 Å². The summed E-state index contributed by atoms with van der Waals surface area (Å²) < 4.78 is 0. The van der Waals surface area contributed by atoms with Gasteiger partial charge in [-0.1, -0.05) is 17.7 Å². The first kappa shape index (κ1) is 17.1. The van der Waals surface area contributed by atoms with E-state index in [1.807, 2.05) is 11.4 Å². The van der Waals surface area contributed by atoms with E-state index < -0.39 is 17.9 Å². The Morgan fingerprint density at radius 3 is 2.52 bits per heavy atom. The Morgan fingerprint density at radius 2 is 1.81 bits per heavy atom. The van der Waals surface area contributed by atoms with Crippen LogP contribution in [0.1, 0.15) is 22.5 Å². The largest absolute Gasteiger partial charge is 0.291 e. The van der Waals surface area contributed by atoms with Crippen molar-refractivity contribution < 1.29 is 14.4 Å². The lowest BCUT2D eigenvalue weighted by atomic mass is 9.86. The molecule has 5 rings (SSSR count). The van der Waals surface area contributed by atoms with E-state index >= 15 is 0 Å². The molecule has 0 bridgehead atoms. The average molecular weight is 401 g/mol. The summed E-state index contributed by atoms with van der Waals surface area (Å²) in [5.74, 6) is -1.54. The predicted octanol–water partition coefficient (Wildman–Crippen LogP) is 3.24. The van der Waals surface area contributed by atoms with Gasteiger partial charge in [-0.3, -0.25) is 19.3 Å². The van der Waals surface area contributed by atoms with Crippen LogP contribution in [0.4, 0.5) is 5.69 Å². The van der Waals surface area contributed by atoms with E-state index in [0.29, 0.717) is 15.6 Å². The van der Waals surface area contributed by atoms with Crippen LogP contribution in [0.15, 0.2) is 41.8 Å². The van der Waals surface area contributed by atoms with E-state index in [4.69, 9.17) is 11.6 Å². The monoisotopic (exact) mass is 400 g/mol. The van der Waals surface area contributed by atoms with Crippen molar-refractivity contribution in [3.63, 3.8) is 0 Å². The first-order chi connectivity index (χ1) is 13.1. The second-order valence-corrected chi connectivity index (χ2v) is 8.66. The molecule has 3 saturated heterocycles. The second kappa shape index (κ2) is 6.26. The highest BCUT2D eigenvalue weighted by Crippen LogP contribution is 2.48. The lowest BCUT2D eigenvalue weighted by molar-refractivity contribution is -0.123. The number of thiophene rings is 1. The van der Waals surface area contributed by atoms with Crippen LogP contribution in [0.3, 0.4) is 0 Å². The van der Waals surface area contributed by atoms with Crippen LogP contribution in [0.2, 0.25) is 5.02 Å². The number of fused-ring (bicyclic) bond motifs is 3. The van der Waals surface area contributed by atoms with Gasteiger partial charge in [-0.25, -0.2) is 4.90 Å². The van der Waals surface area contributed by atoms with Crippen molar-refractivity contribution in [2.45, 2.75) is 24.9 Å². The molecule has 0 unspecified atom stereocenters. The smallest absolute Gasteiger partial charge is 0.239 e. The Hall–Kier alpha value is -2.02. The van der Waals surface area contributed by atoms with Crippen molar-refractivity contribution in [3.8, 4) is 0 Å². The molecule has 4 atom stereocenters. The third-order valence-electron chi connectivity index (χ3n) is 5.97. The maximum atomic E-state index is 13.3. The minimum Gasteiger partial charge on any atom is -0.291 e. The van der Waals surface area contributed by atoms with E-state index in [2.05, 4.69) is 4.90 Å². The molecule has 0 saturated carbocycles. The maximum absolute atomic E-state index is 13.3. The summed E-state index contributed by atoms with van der Waals surface area (Å²) in [5, 5.41) is 2.41. The fourth-order valence-corrected chi connectivity index (χ4v) is 5.75. The Morgan fingerprint density at radius 1 is 1.07 bits per heavy atom. The molecule has 0 radical (unpaired) electrons. The Kier molecular flexibility index (Phi) is 3.96. The standard InChI is InChI=1S/C20H17ClN2O3S/c21-11-5-7-12(8-6-11)23-19(25)15-13-3-1-9-22(13)17(16(15)20(23)26)18(24)14-4-2-10-27-14/h2,4-8,10,13,15-17H,1,3,9H2/t13-,15-,16+,17-/m1/s1. The van der Waals surface area contributed by atoms with Gasteiger partial charge in [0.25, 0.3) is 0 Å². The number of anilines is 1. The van der Waals surface area contributed by atoms with Crippen LogP contribution in [0.25, 0.3) is 0 Å². The molecule has 5 nitrogen and oxygen atoms in total. The quantitative estimate of drug-likeness (QED) is 0.586. The minimum atomic E-state index is -0.604. The zero-order valence-electron chi connectivity index (χ0n) is 14.4. The highest BCUT2D eigenvalue weighted by Gasteiger charge is 2.64. The molecule has 2 aromatic rings. The van der Waals surface area contributed by atoms with Gasteiger partial charge in [0.2, 0.25) is 11.8 Å². The summed E-state index contributed by atoms with van der Waals surface area (Å²) in [7, 11) is 0. The zero-order chi connectivity index (χ0) is 18.7. The third kappa shape index (κ3) is 2.43. The summed E-state index contributed by atoms with van der Waals surface area (Å²) in [4.78, 5) is 43.7. The zero-order valence-corrected chi connectivity index (χ0v) is 15.9. The van der Waals surface area contributed by atoms with Gasteiger partial charge in [0, 0.05) is 11.1 Å². The van der Waals surface area contributed by atoms with Gasteiger partial charge in [0.05, 0.1) is 28.4 Å². The molecule has 0 N–H and O–H groups in total. The molecule has 3 aliphatic heterocycles. The molecule has 1 aromatic carbocycles. The predicted molar refractivity (Wildman–Crippen MR) is 103 cm³/mol. The number of imide groups is 1. The van der Waals surface area contributed by atoms with Crippen LogP contribution >= 0.6 is 22.9 Å². The van der Waals surface area contributed by atoms with E-state index in [1.54, 1.807) is 30.3 Å². The summed E-state index contributed by atoms with van der Waals surface area (Å²) in [5.41, 5.74) is 0.524. The summed E-state index contributed by atoms with van der Waals surface area (Å²) in [6, 6.07) is 9.76. The maximum Gasteiger partial charge on any atom is 0.239 e. The van der Waals surface area contributed by atoms with E-state index in [0.717, 1.165) is 19.4 Å². The molecule has 0 aliphatic carbocycles. The lowest BCUT2D eigenvalue weighted by Gasteiger charge is -2.27. The van der Waals surface area contributed by atoms with Gasteiger partial charge >= 0.3 is 0 Å². The molecule has 7 heteroatoms. The topological polar surface area (TPSA) is 57.7 Å². The molecule has 3 fully saturated rings. The summed E-state index contributed by atoms with van der Waals surface area (Å²) in [6.45, 7) is 0.765. The highest BCUT2D eigenvalue weighted by molar-refractivity contribution is 7.12. The van der Waals surface area contributed by atoms with Crippen LogP contribution in [-0.2, 0) is 9.59 Å². The molecule has 2 amide bonds. The number of hydrogen-bond donors (Lipinski definition) is 0. The van der Waals surface area contributed by atoms with E-state index in [9.17, 15) is 14.4 Å². The number of carbonyl (C=O) groups is 3. The van der Waals surface area contributed by atoms with Crippen molar-refractivity contribution in [3.05, 3.63) is 51.7 Å². The van der Waals surface area contributed by atoms with Crippen LogP contribution in [0.5, 0.6) is 0 Å². The van der Waals surface area contributed by atoms with Crippen LogP contribution < -0.4 is 4.90 Å². The molecule has 4 heterocycles. The highest BCUT2D eigenvalue weighted by atomic mass is 35.5. The normalized spacial score (nSPS) is 30.0. The van der Waals surface area contributed by atoms with E-state index in [-0.39, 0.29) is 23.6 Å². The molecule has 138 valence electrons. The van der Waals surface area contributed by atoms with Gasteiger partial charge in [-0.05, 0) is 55.1 Å². The van der Waals surface area contributed by atoms with Crippen molar-refractivity contribution in [2.75, 3.05) is 11.4 Å². The number of amides is 2. The average Bonchev–Trinajstić information content (AvgIpc) is 3.41. The van der Waals surface area contributed by atoms with Crippen molar-refractivity contribution in [1.82, 2.24) is 4.90 Å². The number of carbonyl (C=O) groups excluding carboxylic acids is 3. The Labute approximate surface area is 165 Å². The molecule has 27 heavy (non-hydrogen) atoms. The van der Waals surface area contributed by atoms with Crippen molar-refractivity contribution in [1.29, 1.82) is 0 Å². The Balaban J connectivity index is 1.56. The number of Topliss-reactive ketones (excluding diaryl/α,β-unsaturated/α-hetero) is 1. The molecule has 0 spiro atoms. The number of rotatable bonds is 3.